The van der Waals surface area contributed by atoms with Gasteiger partial charge in [0.05, 0.1) is 6.42 Å². The molecule has 1 amide bonds. The van der Waals surface area contributed by atoms with E-state index in [0.29, 0.717) is 13.0 Å². The van der Waals surface area contributed by atoms with Crippen molar-refractivity contribution < 1.29 is 9.53 Å². The molecule has 1 aliphatic rings. The lowest BCUT2D eigenvalue weighted by Crippen LogP contribution is -2.38. The van der Waals surface area contributed by atoms with Crippen molar-refractivity contribution in [1.82, 2.24) is 5.32 Å². The maximum atomic E-state index is 11.6. The van der Waals surface area contributed by atoms with Gasteiger partial charge in [-0.1, -0.05) is 30.3 Å². The summed E-state index contributed by atoms with van der Waals surface area (Å²) in [6, 6.07) is 14.4. The zero-order valence-electron chi connectivity index (χ0n) is 16.6. The first-order chi connectivity index (χ1) is 12.9. The van der Waals surface area contributed by atoms with Crippen LogP contribution in [0.4, 0.5) is 5.69 Å². The van der Waals surface area contributed by atoms with Crippen LogP contribution in [0.5, 0.6) is 5.75 Å². The number of anilines is 1. The Kier molecular flexibility index (Phi) is 6.17. The van der Waals surface area contributed by atoms with Gasteiger partial charge < -0.3 is 15.4 Å². The second kappa shape index (κ2) is 8.57. The van der Waals surface area contributed by atoms with Gasteiger partial charge in [0.2, 0.25) is 5.91 Å². The minimum Gasteiger partial charge on any atom is -0.492 e. The van der Waals surface area contributed by atoms with E-state index in [1.54, 1.807) is 0 Å². The average molecular weight is 367 g/mol. The second-order valence-electron chi connectivity index (χ2n) is 8.15. The van der Waals surface area contributed by atoms with E-state index in [4.69, 9.17) is 4.74 Å². The van der Waals surface area contributed by atoms with Crippen LogP contribution in [0.25, 0.3) is 0 Å². The maximum Gasteiger partial charge on any atom is 0.228 e. The molecule has 0 saturated heterocycles. The van der Waals surface area contributed by atoms with Crippen molar-refractivity contribution in [3.8, 4) is 5.75 Å². The smallest absolute Gasteiger partial charge is 0.228 e. The van der Waals surface area contributed by atoms with Crippen LogP contribution in [0.3, 0.4) is 0 Å². The predicted octanol–water partition coefficient (Wildman–Crippen LogP) is 4.12. The molecule has 3 rings (SSSR count). The average Bonchev–Trinajstić information content (AvgIpc) is 3.00. The Morgan fingerprint density at radius 1 is 1.04 bits per heavy atom. The molecule has 4 nitrogen and oxygen atoms in total. The molecule has 2 N–H and O–H groups in total. The fourth-order valence-corrected chi connectivity index (χ4v) is 3.46. The summed E-state index contributed by atoms with van der Waals surface area (Å²) in [6.45, 7) is 7.96. The van der Waals surface area contributed by atoms with E-state index >= 15 is 0 Å². The molecule has 0 spiro atoms. The van der Waals surface area contributed by atoms with Crippen molar-refractivity contribution >= 4 is 11.6 Å². The van der Waals surface area contributed by atoms with Crippen LogP contribution in [0.1, 0.15) is 43.9 Å². The normalized spacial score (nSPS) is 13.4. The van der Waals surface area contributed by atoms with Crippen molar-refractivity contribution in [3.63, 3.8) is 0 Å². The topological polar surface area (TPSA) is 50.4 Å². The van der Waals surface area contributed by atoms with Gasteiger partial charge in [0, 0.05) is 17.8 Å². The van der Waals surface area contributed by atoms with E-state index in [1.165, 1.54) is 16.7 Å². The molecule has 2 aromatic carbocycles. The zero-order valence-corrected chi connectivity index (χ0v) is 16.6. The highest BCUT2D eigenvalue weighted by molar-refractivity contribution is 5.99. The van der Waals surface area contributed by atoms with E-state index in [1.807, 2.05) is 18.2 Å². The lowest BCUT2D eigenvalue weighted by atomic mass is 9.98. The number of ether oxygens (including phenoxy) is 1. The first-order valence-corrected chi connectivity index (χ1v) is 9.79. The number of carbonyl (C=O) groups excluding carboxylic acids is 1. The fraction of sp³-hybridized carbons (Fsp3) is 0.435. The molecule has 27 heavy (non-hydrogen) atoms. The molecule has 144 valence electrons. The lowest BCUT2D eigenvalue weighted by molar-refractivity contribution is -0.115. The minimum atomic E-state index is 0.0973. The monoisotopic (exact) mass is 366 g/mol. The molecule has 0 radical (unpaired) electrons. The van der Waals surface area contributed by atoms with Crippen molar-refractivity contribution in [1.29, 1.82) is 0 Å². The van der Waals surface area contributed by atoms with Gasteiger partial charge in [-0.15, -0.1) is 0 Å². The Bertz CT molecular complexity index is 793. The molecule has 4 heteroatoms. The van der Waals surface area contributed by atoms with Crippen LogP contribution in [0.2, 0.25) is 0 Å². The highest BCUT2D eigenvalue weighted by Gasteiger charge is 2.20. The van der Waals surface area contributed by atoms with Gasteiger partial charge >= 0.3 is 0 Å². The number of amides is 1. The van der Waals surface area contributed by atoms with Crippen molar-refractivity contribution in [2.24, 2.45) is 0 Å². The van der Waals surface area contributed by atoms with Crippen LogP contribution in [-0.4, -0.2) is 24.6 Å². The van der Waals surface area contributed by atoms with E-state index < -0.39 is 0 Å². The van der Waals surface area contributed by atoms with Crippen LogP contribution < -0.4 is 15.4 Å². The summed E-state index contributed by atoms with van der Waals surface area (Å²) in [5.41, 5.74) is 4.77. The Balaban J connectivity index is 1.53. The molecule has 1 aliphatic heterocycles. The largest absolute Gasteiger partial charge is 0.492 e. The molecule has 0 saturated carbocycles. The molecule has 0 aromatic heterocycles. The standard InChI is InChI=1S/C23H30N2O2/c1-23(2,3)24-14-15-27-21-13-5-4-8-18(21)11-6-9-17-10-7-12-20-19(17)16-22(26)25-20/h4-5,7-8,10,12-13,24H,6,9,11,14-16H2,1-3H3,(H,25,26). The van der Waals surface area contributed by atoms with Gasteiger partial charge in [-0.25, -0.2) is 0 Å². The van der Waals surface area contributed by atoms with E-state index in [-0.39, 0.29) is 11.4 Å². The van der Waals surface area contributed by atoms with Crippen LogP contribution in [0, 0.1) is 0 Å². The van der Waals surface area contributed by atoms with Gasteiger partial charge in [-0.05, 0) is 68.9 Å². The number of hydrogen-bond acceptors (Lipinski definition) is 3. The summed E-state index contributed by atoms with van der Waals surface area (Å²) in [4.78, 5) is 11.6. The summed E-state index contributed by atoms with van der Waals surface area (Å²) in [7, 11) is 0. The third-order valence-electron chi connectivity index (χ3n) is 4.76. The predicted molar refractivity (Wildman–Crippen MR) is 110 cm³/mol. The number of carbonyl (C=O) groups is 1. The van der Waals surface area contributed by atoms with Gasteiger partial charge in [0.15, 0.2) is 0 Å². The fourth-order valence-electron chi connectivity index (χ4n) is 3.46. The number of hydrogen-bond donors (Lipinski definition) is 2. The van der Waals surface area contributed by atoms with E-state index in [0.717, 1.165) is 37.2 Å². The number of nitrogens with one attached hydrogen (secondary N) is 2. The molecule has 0 bridgehead atoms. The van der Waals surface area contributed by atoms with Crippen LogP contribution >= 0.6 is 0 Å². The van der Waals surface area contributed by atoms with Gasteiger partial charge in [0.1, 0.15) is 12.4 Å². The van der Waals surface area contributed by atoms with Crippen molar-refractivity contribution in [2.45, 2.75) is 52.0 Å². The summed E-state index contributed by atoms with van der Waals surface area (Å²) in [6.07, 6.45) is 3.48. The van der Waals surface area contributed by atoms with Gasteiger partial charge in [-0.2, -0.15) is 0 Å². The van der Waals surface area contributed by atoms with Gasteiger partial charge in [-0.3, -0.25) is 4.79 Å². The minimum absolute atomic E-state index is 0.0973. The van der Waals surface area contributed by atoms with Crippen molar-refractivity contribution in [3.05, 3.63) is 59.2 Å². The first kappa shape index (κ1) is 19.4. The first-order valence-electron chi connectivity index (χ1n) is 9.79. The lowest BCUT2D eigenvalue weighted by Gasteiger charge is -2.21. The number of fused-ring (bicyclic) bond motifs is 1. The Morgan fingerprint density at radius 3 is 2.59 bits per heavy atom. The van der Waals surface area contributed by atoms with E-state index in [9.17, 15) is 4.79 Å². The van der Waals surface area contributed by atoms with Crippen LogP contribution in [0.15, 0.2) is 42.5 Å². The Hall–Kier alpha value is -2.33. The SMILES string of the molecule is CC(C)(C)NCCOc1ccccc1CCCc1cccc2c1CC(=O)N2. The number of aryl methyl sites for hydroxylation is 2. The molecular weight excluding hydrogens is 336 g/mol. The summed E-state index contributed by atoms with van der Waals surface area (Å²) in [5.74, 6) is 1.07. The van der Waals surface area contributed by atoms with Crippen LogP contribution in [-0.2, 0) is 24.1 Å². The molecule has 0 aliphatic carbocycles. The molecule has 1 heterocycles. The summed E-state index contributed by atoms with van der Waals surface area (Å²) in [5, 5.41) is 6.37. The molecular formula is C23H30N2O2. The highest BCUT2D eigenvalue weighted by Crippen LogP contribution is 2.28. The number of para-hydroxylation sites is 1. The molecule has 2 aromatic rings. The van der Waals surface area contributed by atoms with Crippen molar-refractivity contribution in [2.75, 3.05) is 18.5 Å². The van der Waals surface area contributed by atoms with Gasteiger partial charge in [0.25, 0.3) is 0 Å². The summed E-state index contributed by atoms with van der Waals surface area (Å²) >= 11 is 0. The third-order valence-corrected chi connectivity index (χ3v) is 4.76. The number of rotatable bonds is 8. The maximum absolute atomic E-state index is 11.6. The molecule has 0 fully saturated rings. The second-order valence-corrected chi connectivity index (χ2v) is 8.15. The van der Waals surface area contributed by atoms with E-state index in [2.05, 4.69) is 55.7 Å². The quantitative estimate of drug-likeness (QED) is 0.691. The third kappa shape index (κ3) is 5.57. The molecule has 0 unspecified atom stereocenters. The molecule has 0 atom stereocenters. The number of benzene rings is 2. The Labute approximate surface area is 162 Å². The Morgan fingerprint density at radius 2 is 1.78 bits per heavy atom. The zero-order chi connectivity index (χ0) is 19.3. The highest BCUT2D eigenvalue weighted by atomic mass is 16.5. The summed E-state index contributed by atoms with van der Waals surface area (Å²) < 4.78 is 6.01.